The monoisotopic (exact) mass is 468 g/mol. The number of carbonyl (C=O) groups excluding carboxylic acids is 2. The highest BCUT2D eigenvalue weighted by molar-refractivity contribution is 5.97. The minimum Gasteiger partial charge on any atom is -0.497 e. The van der Waals surface area contributed by atoms with E-state index in [0.717, 1.165) is 28.2 Å². The predicted octanol–water partition coefficient (Wildman–Crippen LogP) is 4.62. The van der Waals surface area contributed by atoms with Crippen molar-refractivity contribution in [1.29, 1.82) is 0 Å². The van der Waals surface area contributed by atoms with E-state index in [1.54, 1.807) is 16.9 Å². The summed E-state index contributed by atoms with van der Waals surface area (Å²) in [5.41, 5.74) is 3.39. The second-order valence-electron chi connectivity index (χ2n) is 8.63. The number of anilines is 2. The van der Waals surface area contributed by atoms with Gasteiger partial charge < -0.3 is 19.1 Å². The zero-order valence-electron chi connectivity index (χ0n) is 19.9. The SMILES string of the molecule is CCN(C(=O)Cn1c(C2CC(=O)N(c3cccc(OC)c3)C2)nc2ccccc21)c1ccccc1. The fourth-order valence-corrected chi connectivity index (χ4v) is 4.81. The van der Waals surface area contributed by atoms with Crippen molar-refractivity contribution in [3.63, 3.8) is 0 Å². The number of ether oxygens (including phenoxy) is 1. The summed E-state index contributed by atoms with van der Waals surface area (Å²) in [5, 5.41) is 0. The predicted molar refractivity (Wildman–Crippen MR) is 137 cm³/mol. The largest absolute Gasteiger partial charge is 0.497 e. The van der Waals surface area contributed by atoms with Crippen LogP contribution in [0.4, 0.5) is 11.4 Å². The summed E-state index contributed by atoms with van der Waals surface area (Å²) >= 11 is 0. The molecule has 0 N–H and O–H groups in total. The first-order valence-electron chi connectivity index (χ1n) is 11.8. The summed E-state index contributed by atoms with van der Waals surface area (Å²) in [6.07, 6.45) is 0.338. The summed E-state index contributed by atoms with van der Waals surface area (Å²) in [6.45, 7) is 3.19. The normalized spacial score (nSPS) is 15.5. The number of amides is 2. The van der Waals surface area contributed by atoms with E-state index < -0.39 is 0 Å². The highest BCUT2D eigenvalue weighted by atomic mass is 16.5. The lowest BCUT2D eigenvalue weighted by molar-refractivity contribution is -0.119. The maximum atomic E-state index is 13.5. The molecule has 0 saturated carbocycles. The van der Waals surface area contributed by atoms with E-state index >= 15 is 0 Å². The highest BCUT2D eigenvalue weighted by Crippen LogP contribution is 2.34. The number of carbonyl (C=O) groups is 2. The van der Waals surface area contributed by atoms with Gasteiger partial charge in [-0.2, -0.15) is 0 Å². The van der Waals surface area contributed by atoms with E-state index in [1.165, 1.54) is 0 Å². The Balaban J connectivity index is 1.47. The molecule has 5 rings (SSSR count). The molecule has 0 bridgehead atoms. The lowest BCUT2D eigenvalue weighted by Crippen LogP contribution is -2.34. The molecular formula is C28H28N4O3. The Morgan fingerprint density at radius 2 is 1.83 bits per heavy atom. The molecule has 0 spiro atoms. The van der Waals surface area contributed by atoms with Crippen molar-refractivity contribution >= 4 is 34.2 Å². The molecule has 35 heavy (non-hydrogen) atoms. The molecule has 1 atom stereocenters. The van der Waals surface area contributed by atoms with Crippen LogP contribution in [0.3, 0.4) is 0 Å². The van der Waals surface area contributed by atoms with Crippen molar-refractivity contribution in [2.45, 2.75) is 25.8 Å². The zero-order valence-corrected chi connectivity index (χ0v) is 19.9. The van der Waals surface area contributed by atoms with Crippen LogP contribution in [0.15, 0.2) is 78.9 Å². The summed E-state index contributed by atoms with van der Waals surface area (Å²) in [7, 11) is 1.61. The molecule has 1 aromatic heterocycles. The number of para-hydroxylation sites is 3. The maximum absolute atomic E-state index is 13.5. The van der Waals surface area contributed by atoms with Gasteiger partial charge in [-0.25, -0.2) is 4.98 Å². The van der Waals surface area contributed by atoms with Gasteiger partial charge in [0, 0.05) is 42.9 Å². The molecule has 7 nitrogen and oxygen atoms in total. The minimum absolute atomic E-state index is 0.0166. The second-order valence-corrected chi connectivity index (χ2v) is 8.63. The van der Waals surface area contributed by atoms with Gasteiger partial charge in [0.15, 0.2) is 0 Å². The molecule has 178 valence electrons. The first-order chi connectivity index (χ1) is 17.1. The summed E-state index contributed by atoms with van der Waals surface area (Å²) in [6, 6.07) is 25.0. The van der Waals surface area contributed by atoms with Gasteiger partial charge in [0.25, 0.3) is 0 Å². The van der Waals surface area contributed by atoms with Crippen molar-refractivity contribution in [2.75, 3.05) is 30.0 Å². The number of likely N-dealkylation sites (N-methyl/N-ethyl adjacent to an activating group) is 1. The van der Waals surface area contributed by atoms with Gasteiger partial charge in [0.1, 0.15) is 18.1 Å². The third-order valence-corrected chi connectivity index (χ3v) is 6.52. The zero-order chi connectivity index (χ0) is 24.4. The van der Waals surface area contributed by atoms with Crippen LogP contribution >= 0.6 is 0 Å². The van der Waals surface area contributed by atoms with Crippen LogP contribution in [0.5, 0.6) is 5.75 Å². The fraction of sp³-hybridized carbons (Fsp3) is 0.250. The summed E-state index contributed by atoms with van der Waals surface area (Å²) in [4.78, 5) is 34.9. The highest BCUT2D eigenvalue weighted by Gasteiger charge is 2.35. The molecule has 4 aromatic rings. The molecular weight excluding hydrogens is 440 g/mol. The molecule has 1 aliphatic rings. The Kier molecular flexibility index (Phi) is 6.23. The summed E-state index contributed by atoms with van der Waals surface area (Å²) < 4.78 is 7.32. The van der Waals surface area contributed by atoms with Crippen LogP contribution in [0, 0.1) is 0 Å². The van der Waals surface area contributed by atoms with Gasteiger partial charge in [-0.1, -0.05) is 36.4 Å². The van der Waals surface area contributed by atoms with E-state index in [0.29, 0.717) is 25.3 Å². The van der Waals surface area contributed by atoms with Crippen molar-refractivity contribution in [3.05, 3.63) is 84.7 Å². The lowest BCUT2D eigenvalue weighted by atomic mass is 10.1. The number of hydrogen-bond donors (Lipinski definition) is 0. The van der Waals surface area contributed by atoms with Gasteiger partial charge in [-0.3, -0.25) is 9.59 Å². The standard InChI is InChI=1S/C28H28N4O3/c1-3-30(21-10-5-4-6-11-21)27(34)19-32-25-15-8-7-14-24(25)29-28(32)20-16-26(33)31(18-20)22-12-9-13-23(17-22)35-2/h4-15,17,20H,3,16,18-19H2,1-2H3. The minimum atomic E-state index is -0.124. The topological polar surface area (TPSA) is 67.7 Å². The van der Waals surface area contributed by atoms with Gasteiger partial charge in [0.2, 0.25) is 11.8 Å². The third-order valence-electron chi connectivity index (χ3n) is 6.52. The number of imidazole rings is 1. The van der Waals surface area contributed by atoms with Crippen molar-refractivity contribution < 1.29 is 14.3 Å². The molecule has 1 saturated heterocycles. The molecule has 1 fully saturated rings. The Labute approximate surface area is 204 Å². The molecule has 0 radical (unpaired) electrons. The van der Waals surface area contributed by atoms with E-state index in [-0.39, 0.29) is 24.3 Å². The molecule has 0 aliphatic carbocycles. The summed E-state index contributed by atoms with van der Waals surface area (Å²) in [5.74, 6) is 1.37. The van der Waals surface area contributed by atoms with Gasteiger partial charge in [-0.05, 0) is 43.3 Å². The lowest BCUT2D eigenvalue weighted by Gasteiger charge is -2.23. The molecule has 2 amide bonds. The average molecular weight is 469 g/mol. The van der Waals surface area contributed by atoms with Crippen molar-refractivity contribution in [3.8, 4) is 5.75 Å². The molecule has 1 unspecified atom stereocenters. The van der Waals surface area contributed by atoms with Crippen LogP contribution in [-0.4, -0.2) is 41.6 Å². The van der Waals surface area contributed by atoms with Crippen LogP contribution in [0.25, 0.3) is 11.0 Å². The quantitative estimate of drug-likeness (QED) is 0.397. The second kappa shape index (κ2) is 9.62. The van der Waals surface area contributed by atoms with Gasteiger partial charge in [0.05, 0.1) is 18.1 Å². The smallest absolute Gasteiger partial charge is 0.246 e. The Morgan fingerprint density at radius 3 is 2.60 bits per heavy atom. The first kappa shape index (κ1) is 22.7. The Morgan fingerprint density at radius 1 is 1.06 bits per heavy atom. The first-order valence-corrected chi connectivity index (χ1v) is 11.8. The van der Waals surface area contributed by atoms with Crippen LogP contribution in [0.2, 0.25) is 0 Å². The number of fused-ring (bicyclic) bond motifs is 1. The molecule has 1 aliphatic heterocycles. The Hall–Kier alpha value is -4.13. The molecule has 7 heteroatoms. The number of aromatic nitrogens is 2. The van der Waals surface area contributed by atoms with Crippen LogP contribution in [-0.2, 0) is 16.1 Å². The fourth-order valence-electron chi connectivity index (χ4n) is 4.81. The number of hydrogen-bond acceptors (Lipinski definition) is 4. The van der Waals surface area contributed by atoms with E-state index in [1.807, 2.05) is 90.4 Å². The number of methoxy groups -OCH3 is 1. The van der Waals surface area contributed by atoms with Crippen molar-refractivity contribution in [2.24, 2.45) is 0 Å². The number of rotatable bonds is 7. The van der Waals surface area contributed by atoms with E-state index in [2.05, 4.69) is 0 Å². The van der Waals surface area contributed by atoms with Gasteiger partial charge in [-0.15, -0.1) is 0 Å². The third kappa shape index (κ3) is 4.37. The number of nitrogens with zero attached hydrogens (tertiary/aromatic N) is 4. The van der Waals surface area contributed by atoms with Gasteiger partial charge >= 0.3 is 0 Å². The van der Waals surface area contributed by atoms with Crippen molar-refractivity contribution in [1.82, 2.24) is 9.55 Å². The molecule has 2 heterocycles. The maximum Gasteiger partial charge on any atom is 0.246 e. The van der Waals surface area contributed by atoms with E-state index in [9.17, 15) is 9.59 Å². The van der Waals surface area contributed by atoms with Crippen LogP contribution < -0.4 is 14.5 Å². The average Bonchev–Trinajstić information content (AvgIpc) is 3.45. The van der Waals surface area contributed by atoms with Crippen LogP contribution in [0.1, 0.15) is 25.1 Å². The Bertz CT molecular complexity index is 1370. The van der Waals surface area contributed by atoms with E-state index in [4.69, 9.17) is 9.72 Å². The number of benzene rings is 3. The molecule has 3 aromatic carbocycles.